The molecule has 0 N–H and O–H groups in total. The number of allylic oxidation sites excluding steroid dienone is 2. The van der Waals surface area contributed by atoms with E-state index < -0.39 is 0 Å². The average Bonchev–Trinajstić information content (AvgIpc) is 2.23. The zero-order valence-corrected chi connectivity index (χ0v) is 8.36. The van der Waals surface area contributed by atoms with Crippen molar-refractivity contribution in [3.05, 3.63) is 12.2 Å². The molecule has 0 radical (unpaired) electrons. The molecule has 0 aromatic heterocycles. The molecule has 5 aliphatic carbocycles. The van der Waals surface area contributed by atoms with Crippen LogP contribution in [0.25, 0.3) is 0 Å². The number of ketones is 1. The lowest BCUT2D eigenvalue weighted by Crippen LogP contribution is -2.56. The molecule has 4 unspecified atom stereocenters. The minimum absolute atomic E-state index is 0.435. The Morgan fingerprint density at radius 1 is 1.07 bits per heavy atom. The molecular formula is C13H16O. The van der Waals surface area contributed by atoms with E-state index in [2.05, 4.69) is 12.2 Å². The highest BCUT2D eigenvalue weighted by atomic mass is 16.1. The third-order valence-electron chi connectivity index (χ3n) is 5.30. The largest absolute Gasteiger partial charge is 0.299 e. The third-order valence-corrected chi connectivity index (χ3v) is 5.30. The molecule has 14 heavy (non-hydrogen) atoms. The minimum atomic E-state index is 0.435. The number of Topliss-reactive ketones (excluding diaryl/α,β-unsaturated/α-hetero) is 1. The van der Waals surface area contributed by atoms with Crippen LogP contribution in [0.1, 0.15) is 25.7 Å². The summed E-state index contributed by atoms with van der Waals surface area (Å²) in [5.74, 6) is 4.73. The summed E-state index contributed by atoms with van der Waals surface area (Å²) < 4.78 is 0. The van der Waals surface area contributed by atoms with Crippen molar-refractivity contribution in [1.82, 2.24) is 0 Å². The quantitative estimate of drug-likeness (QED) is 0.533. The van der Waals surface area contributed by atoms with E-state index in [0.717, 1.165) is 17.8 Å². The topological polar surface area (TPSA) is 17.1 Å². The fourth-order valence-electron chi connectivity index (χ4n) is 4.85. The van der Waals surface area contributed by atoms with Crippen molar-refractivity contribution in [2.75, 3.05) is 0 Å². The monoisotopic (exact) mass is 188 g/mol. The van der Waals surface area contributed by atoms with Gasteiger partial charge in [-0.15, -0.1) is 0 Å². The van der Waals surface area contributed by atoms with Gasteiger partial charge in [-0.25, -0.2) is 0 Å². The molecule has 1 heteroatoms. The van der Waals surface area contributed by atoms with Gasteiger partial charge in [0.25, 0.3) is 0 Å². The zero-order chi connectivity index (χ0) is 9.28. The Bertz CT molecular complexity index is 330. The summed E-state index contributed by atoms with van der Waals surface area (Å²) >= 11 is 0. The van der Waals surface area contributed by atoms with Gasteiger partial charge in [0.05, 0.1) is 0 Å². The Morgan fingerprint density at radius 2 is 1.93 bits per heavy atom. The second-order valence-corrected chi connectivity index (χ2v) is 5.76. The van der Waals surface area contributed by atoms with E-state index in [1.807, 2.05) is 0 Å². The van der Waals surface area contributed by atoms with Crippen LogP contribution in [0.5, 0.6) is 0 Å². The second kappa shape index (κ2) is 2.32. The van der Waals surface area contributed by atoms with Crippen molar-refractivity contribution in [3.63, 3.8) is 0 Å². The molecule has 4 fully saturated rings. The van der Waals surface area contributed by atoms with E-state index in [-0.39, 0.29) is 0 Å². The highest BCUT2D eigenvalue weighted by Crippen LogP contribution is 2.60. The van der Waals surface area contributed by atoms with E-state index in [1.165, 1.54) is 25.7 Å². The summed E-state index contributed by atoms with van der Waals surface area (Å²) in [5, 5.41) is 0. The normalized spacial score (nSPS) is 58.1. The lowest BCUT2D eigenvalue weighted by atomic mass is 9.45. The summed E-state index contributed by atoms with van der Waals surface area (Å²) in [6.45, 7) is 0. The van der Waals surface area contributed by atoms with Gasteiger partial charge in [0.2, 0.25) is 0 Å². The molecule has 5 rings (SSSR count). The highest BCUT2D eigenvalue weighted by Gasteiger charge is 2.57. The van der Waals surface area contributed by atoms with Crippen LogP contribution in [0, 0.1) is 35.5 Å². The van der Waals surface area contributed by atoms with E-state index in [1.54, 1.807) is 0 Å². The summed E-state index contributed by atoms with van der Waals surface area (Å²) in [6.07, 6.45) is 9.78. The Labute approximate surface area is 84.6 Å². The third kappa shape index (κ3) is 0.721. The molecule has 0 aliphatic heterocycles. The van der Waals surface area contributed by atoms with Crippen molar-refractivity contribution in [3.8, 4) is 0 Å². The van der Waals surface area contributed by atoms with Crippen LogP contribution < -0.4 is 0 Å². The minimum Gasteiger partial charge on any atom is -0.299 e. The molecule has 0 spiro atoms. The maximum Gasteiger partial charge on any atom is 0.139 e. The van der Waals surface area contributed by atoms with Crippen molar-refractivity contribution in [2.24, 2.45) is 35.5 Å². The van der Waals surface area contributed by atoms with Gasteiger partial charge in [0.15, 0.2) is 0 Å². The number of carbonyl (C=O) groups is 1. The SMILES string of the molecule is O=C1C2CC3CC1[C@H]1CC=C[C@@H]2C1C3. The predicted molar refractivity (Wildman–Crippen MR) is 53.6 cm³/mol. The van der Waals surface area contributed by atoms with Crippen LogP contribution in [0.15, 0.2) is 12.2 Å². The van der Waals surface area contributed by atoms with Gasteiger partial charge < -0.3 is 0 Å². The van der Waals surface area contributed by atoms with Gasteiger partial charge in [0, 0.05) is 11.8 Å². The molecule has 0 amide bonds. The van der Waals surface area contributed by atoms with E-state index in [4.69, 9.17) is 0 Å². The second-order valence-electron chi connectivity index (χ2n) is 5.76. The number of hydrogen-bond acceptors (Lipinski definition) is 1. The lowest BCUT2D eigenvalue weighted by Gasteiger charge is -2.58. The number of hydrogen-bond donors (Lipinski definition) is 0. The number of rotatable bonds is 0. The van der Waals surface area contributed by atoms with Gasteiger partial charge in [-0.05, 0) is 49.4 Å². The summed E-state index contributed by atoms with van der Waals surface area (Å²) in [5.41, 5.74) is 0. The first-order valence-corrected chi connectivity index (χ1v) is 6.05. The molecular weight excluding hydrogens is 172 g/mol. The van der Waals surface area contributed by atoms with Gasteiger partial charge in [-0.3, -0.25) is 4.79 Å². The molecule has 5 aliphatic rings. The van der Waals surface area contributed by atoms with Crippen molar-refractivity contribution >= 4 is 5.78 Å². The first-order chi connectivity index (χ1) is 6.84. The first kappa shape index (κ1) is 7.67. The highest BCUT2D eigenvalue weighted by molar-refractivity contribution is 5.86. The van der Waals surface area contributed by atoms with Gasteiger partial charge in [0.1, 0.15) is 5.78 Å². The Morgan fingerprint density at radius 3 is 2.86 bits per heavy atom. The summed E-state index contributed by atoms with van der Waals surface area (Å²) in [6, 6.07) is 0. The molecule has 1 nitrogen and oxygen atoms in total. The average molecular weight is 188 g/mol. The van der Waals surface area contributed by atoms with Crippen LogP contribution >= 0.6 is 0 Å². The fraction of sp³-hybridized carbons (Fsp3) is 0.769. The van der Waals surface area contributed by atoms with Crippen LogP contribution in [0.2, 0.25) is 0 Å². The molecule has 0 aromatic rings. The van der Waals surface area contributed by atoms with E-state index in [0.29, 0.717) is 23.5 Å². The van der Waals surface area contributed by atoms with Crippen LogP contribution in [-0.4, -0.2) is 5.78 Å². The van der Waals surface area contributed by atoms with Crippen molar-refractivity contribution < 1.29 is 4.79 Å². The van der Waals surface area contributed by atoms with Gasteiger partial charge in [-0.2, -0.15) is 0 Å². The van der Waals surface area contributed by atoms with E-state index in [9.17, 15) is 4.79 Å². The molecule has 0 heterocycles. The predicted octanol–water partition coefficient (Wildman–Crippen LogP) is 2.42. The zero-order valence-electron chi connectivity index (χ0n) is 8.36. The van der Waals surface area contributed by atoms with Crippen LogP contribution in [0.3, 0.4) is 0 Å². The van der Waals surface area contributed by atoms with Gasteiger partial charge in [-0.1, -0.05) is 12.2 Å². The van der Waals surface area contributed by atoms with Crippen molar-refractivity contribution in [1.29, 1.82) is 0 Å². The fourth-order valence-corrected chi connectivity index (χ4v) is 4.85. The Balaban J connectivity index is 1.88. The molecule has 74 valence electrons. The molecule has 0 saturated heterocycles. The standard InChI is InChI=1S/C13H16O/c14-13-11-5-7-4-10-8(11)2-1-3-9(10)12(13)6-7/h1-2,7-12H,3-6H2/t7?,8-,9+,10?,11?,12?/m1/s1. The van der Waals surface area contributed by atoms with E-state index >= 15 is 0 Å². The van der Waals surface area contributed by atoms with Gasteiger partial charge >= 0.3 is 0 Å². The Hall–Kier alpha value is -0.590. The molecule has 4 saturated carbocycles. The first-order valence-electron chi connectivity index (χ1n) is 6.05. The molecule has 0 aromatic carbocycles. The Kier molecular flexibility index (Phi) is 1.27. The smallest absolute Gasteiger partial charge is 0.139 e. The summed E-state index contributed by atoms with van der Waals surface area (Å²) in [4.78, 5) is 12.2. The van der Waals surface area contributed by atoms with Crippen LogP contribution in [0.4, 0.5) is 0 Å². The lowest BCUT2D eigenvalue weighted by molar-refractivity contribution is -0.152. The molecule has 6 bridgehead atoms. The summed E-state index contributed by atoms with van der Waals surface area (Å²) in [7, 11) is 0. The maximum absolute atomic E-state index is 12.2. The molecule has 6 atom stereocenters. The number of carbonyl (C=O) groups excluding carboxylic acids is 1. The maximum atomic E-state index is 12.2. The van der Waals surface area contributed by atoms with Crippen LogP contribution in [-0.2, 0) is 4.79 Å². The van der Waals surface area contributed by atoms with Crippen molar-refractivity contribution in [2.45, 2.75) is 25.7 Å².